The van der Waals surface area contributed by atoms with E-state index in [1.807, 2.05) is 5.09 Å². The fraction of sp³-hybridized carbons (Fsp3) is 0.538. The molecule has 3 rings (SSSR count). The lowest BCUT2D eigenvalue weighted by atomic mass is 10.1. The van der Waals surface area contributed by atoms with Crippen LogP contribution in [0.4, 0.5) is 5.82 Å². The second-order valence-electron chi connectivity index (χ2n) is 6.13. The van der Waals surface area contributed by atoms with Gasteiger partial charge in [-0.15, -0.1) is 0 Å². The maximum Gasteiger partial charge on any atom is 0.403 e. The van der Waals surface area contributed by atoms with Gasteiger partial charge in [-0.1, -0.05) is 0 Å². The number of hydrogen-bond donors (Lipinski definition) is 6. The molecule has 1 aliphatic rings. The Labute approximate surface area is 157 Å². The number of carboxylic acids is 1. The average molecular weight is 418 g/mol. The summed E-state index contributed by atoms with van der Waals surface area (Å²) < 4.78 is 23.6. The van der Waals surface area contributed by atoms with Crippen LogP contribution in [0, 0.1) is 0 Å². The third-order valence-corrected chi connectivity index (χ3v) is 5.35. The molecule has 2 aromatic heterocycles. The van der Waals surface area contributed by atoms with E-state index in [0.29, 0.717) is 0 Å². The molecule has 6 atom stereocenters. The number of aromatic nitrogens is 4. The first kappa shape index (κ1) is 20.5. The van der Waals surface area contributed by atoms with Crippen molar-refractivity contribution >= 4 is 30.7 Å². The van der Waals surface area contributed by atoms with Crippen LogP contribution in [0.1, 0.15) is 13.2 Å². The van der Waals surface area contributed by atoms with Crippen LogP contribution in [0.3, 0.4) is 0 Å². The highest BCUT2D eigenvalue weighted by Gasteiger charge is 2.45. The van der Waals surface area contributed by atoms with Gasteiger partial charge in [0.1, 0.15) is 36.2 Å². The number of anilines is 1. The molecule has 3 heterocycles. The lowest BCUT2D eigenvalue weighted by molar-refractivity contribution is -0.138. The van der Waals surface area contributed by atoms with E-state index < -0.39 is 50.9 Å². The fourth-order valence-electron chi connectivity index (χ4n) is 2.66. The molecule has 28 heavy (non-hydrogen) atoms. The van der Waals surface area contributed by atoms with E-state index >= 15 is 0 Å². The first-order valence-corrected chi connectivity index (χ1v) is 9.61. The Kier molecular flexibility index (Phi) is 5.63. The highest BCUT2D eigenvalue weighted by Crippen LogP contribution is 2.40. The summed E-state index contributed by atoms with van der Waals surface area (Å²) in [5, 5.41) is 31.2. The number of nitrogens with zero attached hydrogens (tertiary/aromatic N) is 4. The molecule has 1 unspecified atom stereocenters. The molecule has 14 nitrogen and oxygen atoms in total. The van der Waals surface area contributed by atoms with Crippen molar-refractivity contribution in [3.63, 3.8) is 0 Å². The molecule has 2 aromatic rings. The second kappa shape index (κ2) is 7.67. The number of carboxylic acid groups (broad SMARTS) is 1. The SMILES string of the molecule is C[C@H](NP(=O)(O)OC[C@H]1O[C@@H](n2cnc3c(N)ncnc32)[C@H](O)[C@@H]1O)C(=O)O. The summed E-state index contributed by atoms with van der Waals surface area (Å²) in [5.41, 5.74) is 6.24. The zero-order chi connectivity index (χ0) is 20.6. The molecule has 0 spiro atoms. The number of nitrogens with two attached hydrogens (primary N) is 1. The number of aliphatic hydroxyl groups excluding tert-OH is 2. The van der Waals surface area contributed by atoms with Crippen LogP contribution in [0.5, 0.6) is 0 Å². The summed E-state index contributed by atoms with van der Waals surface area (Å²) in [6.45, 7) is 0.568. The highest BCUT2D eigenvalue weighted by molar-refractivity contribution is 7.50. The summed E-state index contributed by atoms with van der Waals surface area (Å²) in [5.74, 6) is -1.23. The molecular weight excluding hydrogens is 399 g/mol. The van der Waals surface area contributed by atoms with Gasteiger partial charge in [0, 0.05) is 0 Å². The van der Waals surface area contributed by atoms with Crippen molar-refractivity contribution in [1.29, 1.82) is 0 Å². The first-order chi connectivity index (χ1) is 13.1. The molecule has 0 aliphatic carbocycles. The van der Waals surface area contributed by atoms with Crippen LogP contribution in [0.2, 0.25) is 0 Å². The number of ether oxygens (including phenoxy) is 1. The van der Waals surface area contributed by atoms with Gasteiger partial charge in [0.05, 0.1) is 12.9 Å². The second-order valence-corrected chi connectivity index (χ2v) is 7.69. The van der Waals surface area contributed by atoms with Crippen LogP contribution >= 0.6 is 7.75 Å². The van der Waals surface area contributed by atoms with E-state index in [1.54, 1.807) is 0 Å². The van der Waals surface area contributed by atoms with E-state index in [1.165, 1.54) is 17.2 Å². The van der Waals surface area contributed by atoms with Crippen LogP contribution in [0.15, 0.2) is 12.7 Å². The van der Waals surface area contributed by atoms with Gasteiger partial charge in [0.2, 0.25) is 0 Å². The number of aliphatic carboxylic acids is 1. The predicted octanol–water partition coefficient (Wildman–Crippen LogP) is -1.79. The molecule has 1 aliphatic heterocycles. The van der Waals surface area contributed by atoms with Crippen molar-refractivity contribution in [3.8, 4) is 0 Å². The van der Waals surface area contributed by atoms with Crippen molar-refractivity contribution < 1.29 is 38.8 Å². The smallest absolute Gasteiger partial charge is 0.403 e. The average Bonchev–Trinajstić information content (AvgIpc) is 3.16. The van der Waals surface area contributed by atoms with Crippen LogP contribution < -0.4 is 10.8 Å². The van der Waals surface area contributed by atoms with Crippen molar-refractivity contribution in [3.05, 3.63) is 12.7 Å². The minimum Gasteiger partial charge on any atom is -0.480 e. The van der Waals surface area contributed by atoms with Crippen molar-refractivity contribution in [2.24, 2.45) is 0 Å². The Morgan fingerprint density at radius 3 is 2.82 bits per heavy atom. The van der Waals surface area contributed by atoms with Gasteiger partial charge in [-0.3, -0.25) is 13.9 Å². The van der Waals surface area contributed by atoms with Gasteiger partial charge < -0.3 is 30.7 Å². The van der Waals surface area contributed by atoms with Crippen molar-refractivity contribution in [1.82, 2.24) is 24.6 Å². The Morgan fingerprint density at radius 2 is 2.14 bits per heavy atom. The summed E-state index contributed by atoms with van der Waals surface area (Å²) in [6, 6.07) is -1.34. The Balaban J connectivity index is 1.71. The van der Waals surface area contributed by atoms with Gasteiger partial charge in [0.25, 0.3) is 0 Å². The monoisotopic (exact) mass is 418 g/mol. The van der Waals surface area contributed by atoms with Crippen LogP contribution in [-0.4, -0.2) is 76.7 Å². The summed E-state index contributed by atoms with van der Waals surface area (Å²) in [4.78, 5) is 32.3. The first-order valence-electron chi connectivity index (χ1n) is 8.03. The molecule has 154 valence electrons. The number of rotatable bonds is 7. The van der Waals surface area contributed by atoms with E-state index in [4.69, 9.17) is 20.1 Å². The van der Waals surface area contributed by atoms with Gasteiger partial charge in [-0.05, 0) is 6.92 Å². The summed E-state index contributed by atoms with van der Waals surface area (Å²) >= 11 is 0. The number of hydrogen-bond acceptors (Lipinski definition) is 10. The molecule has 0 bridgehead atoms. The summed E-state index contributed by atoms with van der Waals surface area (Å²) in [6.07, 6.45) is -2.69. The van der Waals surface area contributed by atoms with E-state index in [2.05, 4.69) is 15.0 Å². The number of aliphatic hydroxyl groups is 2. The Morgan fingerprint density at radius 1 is 1.43 bits per heavy atom. The van der Waals surface area contributed by atoms with Gasteiger partial charge in [-0.2, -0.15) is 0 Å². The molecule has 0 aromatic carbocycles. The third-order valence-electron chi connectivity index (χ3n) is 4.14. The van der Waals surface area contributed by atoms with E-state index in [0.717, 1.165) is 6.92 Å². The molecule has 15 heteroatoms. The minimum atomic E-state index is -4.49. The van der Waals surface area contributed by atoms with Crippen LogP contribution in [0.25, 0.3) is 11.2 Å². The molecule has 1 saturated heterocycles. The van der Waals surface area contributed by atoms with E-state index in [9.17, 15) is 24.5 Å². The lowest BCUT2D eigenvalue weighted by Gasteiger charge is -2.19. The molecule has 0 radical (unpaired) electrons. The molecular formula is C13H19N6O8P. The summed E-state index contributed by atoms with van der Waals surface area (Å²) in [7, 11) is -4.49. The molecule has 7 N–H and O–H groups in total. The standard InChI is InChI=1S/C13H19N6O8P/c1-5(13(22)23)18-28(24,25)26-2-6-8(20)9(21)12(27-6)19-4-17-7-10(14)15-3-16-11(7)19/h3-6,8-9,12,20-21H,2H2,1H3,(H,22,23)(H2,14,15,16)(H2,18,24,25)/t5-,6+,8+,9+,12+/m0/s1. The zero-order valence-electron chi connectivity index (χ0n) is 14.5. The Hall–Kier alpha value is -2.19. The third kappa shape index (κ3) is 3.98. The maximum atomic E-state index is 11.9. The predicted molar refractivity (Wildman–Crippen MR) is 91.7 cm³/mol. The number of imidazole rings is 1. The largest absolute Gasteiger partial charge is 0.480 e. The number of nitrogen functional groups attached to an aromatic ring is 1. The maximum absolute atomic E-state index is 11.9. The zero-order valence-corrected chi connectivity index (χ0v) is 15.4. The minimum absolute atomic E-state index is 0.122. The lowest BCUT2D eigenvalue weighted by Crippen LogP contribution is -2.35. The van der Waals surface area contributed by atoms with Gasteiger partial charge in [-0.25, -0.2) is 24.6 Å². The number of carbonyl (C=O) groups is 1. The van der Waals surface area contributed by atoms with Crippen molar-refractivity contribution in [2.45, 2.75) is 37.5 Å². The molecule has 0 saturated carbocycles. The fourth-order valence-corrected chi connectivity index (χ4v) is 3.69. The highest BCUT2D eigenvalue weighted by atomic mass is 31.2. The van der Waals surface area contributed by atoms with Gasteiger partial charge >= 0.3 is 13.7 Å². The topological polar surface area (TPSA) is 215 Å². The number of nitrogens with one attached hydrogen (secondary N) is 1. The van der Waals surface area contributed by atoms with E-state index in [-0.39, 0.29) is 17.0 Å². The number of fused-ring (bicyclic) bond motifs is 1. The molecule has 0 amide bonds. The van der Waals surface area contributed by atoms with Crippen LogP contribution in [-0.2, 0) is 18.6 Å². The normalized spacial score (nSPS) is 28.3. The van der Waals surface area contributed by atoms with Gasteiger partial charge in [0.15, 0.2) is 17.7 Å². The quantitative estimate of drug-likeness (QED) is 0.274. The van der Waals surface area contributed by atoms with Crippen molar-refractivity contribution in [2.75, 3.05) is 12.3 Å². The molecule has 1 fully saturated rings. The Bertz CT molecular complexity index is 924.